The number of nitrogens with one attached hydrogen (secondary N) is 1. The van der Waals surface area contributed by atoms with Gasteiger partial charge in [0.25, 0.3) is 6.43 Å². The predicted molar refractivity (Wildman–Crippen MR) is 76.8 cm³/mol. The van der Waals surface area contributed by atoms with Crippen LogP contribution in [0.5, 0.6) is 0 Å². The average molecular weight is 322 g/mol. The summed E-state index contributed by atoms with van der Waals surface area (Å²) in [6.45, 7) is 0.375. The second-order valence-electron chi connectivity index (χ2n) is 4.89. The van der Waals surface area contributed by atoms with Crippen molar-refractivity contribution < 1.29 is 13.2 Å². The number of hydrogen-bond acceptors (Lipinski definition) is 4. The van der Waals surface area contributed by atoms with E-state index in [4.69, 9.17) is 0 Å². The van der Waals surface area contributed by atoms with Crippen molar-refractivity contribution in [3.8, 4) is 5.69 Å². The number of halogens is 3. The SMILES string of the molecule is Cn1ccc(NCc2cn(-c3ccc(F)c(C(F)F)c3)nn2)n1. The molecule has 2 heterocycles. The van der Waals surface area contributed by atoms with Gasteiger partial charge in [-0.05, 0) is 18.2 Å². The van der Waals surface area contributed by atoms with Crippen LogP contribution in [0, 0.1) is 5.82 Å². The van der Waals surface area contributed by atoms with Crippen molar-refractivity contribution in [2.24, 2.45) is 7.05 Å². The molecule has 0 saturated heterocycles. The average Bonchev–Trinajstić information content (AvgIpc) is 3.14. The molecule has 3 rings (SSSR count). The summed E-state index contributed by atoms with van der Waals surface area (Å²) in [5.41, 5.74) is 0.253. The van der Waals surface area contributed by atoms with Crippen LogP contribution in [0.3, 0.4) is 0 Å². The molecule has 120 valence electrons. The summed E-state index contributed by atoms with van der Waals surface area (Å²) in [7, 11) is 1.80. The van der Waals surface area contributed by atoms with Crippen molar-refractivity contribution in [2.45, 2.75) is 13.0 Å². The molecule has 0 saturated carbocycles. The zero-order valence-corrected chi connectivity index (χ0v) is 12.1. The van der Waals surface area contributed by atoms with E-state index in [2.05, 4.69) is 20.7 Å². The van der Waals surface area contributed by atoms with Gasteiger partial charge >= 0.3 is 0 Å². The van der Waals surface area contributed by atoms with E-state index in [1.807, 2.05) is 0 Å². The number of aryl methyl sites for hydroxylation is 1. The Labute approximate surface area is 129 Å². The lowest BCUT2D eigenvalue weighted by Gasteiger charge is -2.05. The predicted octanol–water partition coefficient (Wildman–Crippen LogP) is 2.69. The van der Waals surface area contributed by atoms with Gasteiger partial charge in [-0.3, -0.25) is 4.68 Å². The first-order valence-electron chi connectivity index (χ1n) is 6.75. The van der Waals surface area contributed by atoms with Crippen LogP contribution in [0.15, 0.2) is 36.7 Å². The fraction of sp³-hybridized carbons (Fsp3) is 0.214. The fourth-order valence-corrected chi connectivity index (χ4v) is 2.04. The first-order valence-corrected chi connectivity index (χ1v) is 6.75. The number of alkyl halides is 2. The van der Waals surface area contributed by atoms with E-state index < -0.39 is 17.8 Å². The summed E-state index contributed by atoms with van der Waals surface area (Å²) in [5.74, 6) is -0.260. The van der Waals surface area contributed by atoms with Gasteiger partial charge in [-0.1, -0.05) is 5.21 Å². The van der Waals surface area contributed by atoms with E-state index in [1.165, 1.54) is 10.7 Å². The number of benzene rings is 1. The summed E-state index contributed by atoms with van der Waals surface area (Å²) < 4.78 is 41.8. The first kappa shape index (κ1) is 15.1. The minimum Gasteiger partial charge on any atom is -0.363 e. The van der Waals surface area contributed by atoms with Crippen molar-refractivity contribution in [3.05, 3.63) is 53.7 Å². The van der Waals surface area contributed by atoms with Crippen LogP contribution >= 0.6 is 0 Å². The van der Waals surface area contributed by atoms with Crippen molar-refractivity contribution in [1.82, 2.24) is 24.8 Å². The normalized spacial score (nSPS) is 11.2. The molecule has 2 aromatic heterocycles. The number of hydrogen-bond donors (Lipinski definition) is 1. The maximum Gasteiger partial charge on any atom is 0.266 e. The standard InChI is InChI=1S/C14H13F3N6/c1-22-5-4-13(20-22)18-7-9-8-23(21-19-9)10-2-3-12(15)11(6-10)14(16)17/h2-6,8,14H,7H2,1H3,(H,18,20). The highest BCUT2D eigenvalue weighted by Crippen LogP contribution is 2.24. The summed E-state index contributed by atoms with van der Waals surface area (Å²) in [4.78, 5) is 0. The highest BCUT2D eigenvalue weighted by molar-refractivity contribution is 5.37. The number of nitrogens with zero attached hydrogens (tertiary/aromatic N) is 5. The van der Waals surface area contributed by atoms with Crippen molar-refractivity contribution in [1.29, 1.82) is 0 Å². The van der Waals surface area contributed by atoms with Crippen LogP contribution in [0.4, 0.5) is 19.0 Å². The Morgan fingerprint density at radius 3 is 2.78 bits per heavy atom. The number of rotatable bonds is 5. The Kier molecular flexibility index (Phi) is 4.00. The van der Waals surface area contributed by atoms with Gasteiger partial charge in [-0.2, -0.15) is 5.10 Å². The molecule has 0 aliphatic carbocycles. The van der Waals surface area contributed by atoms with Gasteiger partial charge < -0.3 is 5.32 Å². The van der Waals surface area contributed by atoms with Gasteiger partial charge in [-0.25, -0.2) is 17.9 Å². The molecule has 0 radical (unpaired) electrons. The van der Waals surface area contributed by atoms with Gasteiger partial charge in [0.15, 0.2) is 0 Å². The molecular weight excluding hydrogens is 309 g/mol. The molecule has 1 N–H and O–H groups in total. The quantitative estimate of drug-likeness (QED) is 0.784. The van der Waals surface area contributed by atoms with Crippen LogP contribution in [-0.2, 0) is 13.6 Å². The summed E-state index contributed by atoms with van der Waals surface area (Å²) in [6.07, 6.45) is 0.492. The van der Waals surface area contributed by atoms with E-state index in [0.29, 0.717) is 23.7 Å². The van der Waals surface area contributed by atoms with E-state index in [1.54, 1.807) is 30.2 Å². The summed E-state index contributed by atoms with van der Waals surface area (Å²) in [5, 5.41) is 15.0. The number of aromatic nitrogens is 5. The Morgan fingerprint density at radius 2 is 2.09 bits per heavy atom. The van der Waals surface area contributed by atoms with Gasteiger partial charge in [0.1, 0.15) is 17.3 Å². The Morgan fingerprint density at radius 1 is 1.26 bits per heavy atom. The maximum atomic E-state index is 13.3. The topological polar surface area (TPSA) is 60.6 Å². The van der Waals surface area contributed by atoms with E-state index in [0.717, 1.165) is 12.1 Å². The molecule has 0 aliphatic heterocycles. The van der Waals surface area contributed by atoms with E-state index in [9.17, 15) is 13.2 Å². The number of anilines is 1. The zero-order valence-electron chi connectivity index (χ0n) is 12.1. The second kappa shape index (κ2) is 6.11. The highest BCUT2D eigenvalue weighted by Gasteiger charge is 2.15. The largest absolute Gasteiger partial charge is 0.363 e. The van der Waals surface area contributed by atoms with Crippen LogP contribution in [0.2, 0.25) is 0 Å². The third kappa shape index (κ3) is 3.33. The Bertz CT molecular complexity index is 810. The molecule has 0 aliphatic rings. The first-order chi connectivity index (χ1) is 11.0. The highest BCUT2D eigenvalue weighted by atomic mass is 19.3. The fourth-order valence-electron chi connectivity index (χ4n) is 2.04. The van der Waals surface area contributed by atoms with Gasteiger partial charge in [0.2, 0.25) is 0 Å². The van der Waals surface area contributed by atoms with E-state index in [-0.39, 0.29) is 0 Å². The van der Waals surface area contributed by atoms with Crippen LogP contribution < -0.4 is 5.32 Å². The molecule has 6 nitrogen and oxygen atoms in total. The van der Waals surface area contributed by atoms with Crippen LogP contribution in [0.1, 0.15) is 17.7 Å². The molecule has 0 spiro atoms. The molecular formula is C14H13F3N6. The molecule has 3 aromatic rings. The third-order valence-corrected chi connectivity index (χ3v) is 3.18. The summed E-state index contributed by atoms with van der Waals surface area (Å²) in [6, 6.07) is 5.22. The van der Waals surface area contributed by atoms with Gasteiger partial charge in [0.05, 0.1) is 24.0 Å². The molecule has 0 fully saturated rings. The lowest BCUT2D eigenvalue weighted by molar-refractivity contribution is 0.146. The third-order valence-electron chi connectivity index (χ3n) is 3.18. The molecule has 0 amide bonds. The molecule has 1 aromatic carbocycles. The Balaban J connectivity index is 1.75. The second-order valence-corrected chi connectivity index (χ2v) is 4.89. The minimum absolute atomic E-state index is 0.318. The molecule has 0 unspecified atom stereocenters. The zero-order chi connectivity index (χ0) is 16.4. The molecule has 23 heavy (non-hydrogen) atoms. The molecule has 0 bridgehead atoms. The van der Waals surface area contributed by atoms with Gasteiger partial charge in [-0.15, -0.1) is 5.10 Å². The molecule has 9 heteroatoms. The van der Waals surface area contributed by atoms with Crippen molar-refractivity contribution in [3.63, 3.8) is 0 Å². The molecule has 0 atom stereocenters. The minimum atomic E-state index is -2.89. The van der Waals surface area contributed by atoms with Crippen molar-refractivity contribution >= 4 is 5.82 Å². The lowest BCUT2D eigenvalue weighted by atomic mass is 10.2. The monoisotopic (exact) mass is 322 g/mol. The lowest BCUT2D eigenvalue weighted by Crippen LogP contribution is -2.01. The van der Waals surface area contributed by atoms with Crippen LogP contribution in [-0.4, -0.2) is 24.8 Å². The van der Waals surface area contributed by atoms with E-state index >= 15 is 0 Å². The smallest absolute Gasteiger partial charge is 0.266 e. The van der Waals surface area contributed by atoms with Crippen LogP contribution in [0.25, 0.3) is 5.69 Å². The van der Waals surface area contributed by atoms with Crippen molar-refractivity contribution in [2.75, 3.05) is 5.32 Å². The Hall–Kier alpha value is -2.84. The summed E-state index contributed by atoms with van der Waals surface area (Å²) >= 11 is 0. The maximum absolute atomic E-state index is 13.3. The van der Waals surface area contributed by atoms with Gasteiger partial charge in [0, 0.05) is 19.3 Å².